The van der Waals surface area contributed by atoms with Gasteiger partial charge in [-0.1, -0.05) is 0 Å². The molecule has 1 atom stereocenters. The maximum absolute atomic E-state index is 15.2. The molecule has 0 bridgehead atoms. The number of alkyl halides is 3. The summed E-state index contributed by atoms with van der Waals surface area (Å²) in [5.74, 6) is -2.06. The Morgan fingerprint density at radius 3 is 2.54 bits per heavy atom. The monoisotopic (exact) mass is 557 g/mol. The molecule has 14 heteroatoms. The van der Waals surface area contributed by atoms with Crippen molar-refractivity contribution in [2.24, 2.45) is 0 Å². The fraction of sp³-hybridized carbons (Fsp3) is 0.280. The van der Waals surface area contributed by atoms with E-state index in [2.05, 4.69) is 32.9 Å². The summed E-state index contributed by atoms with van der Waals surface area (Å²) in [6.07, 6.45) is 1.95. The van der Waals surface area contributed by atoms with Gasteiger partial charge in [-0.05, 0) is 43.5 Å². The van der Waals surface area contributed by atoms with E-state index in [1.54, 1.807) is 0 Å². The molecule has 0 radical (unpaired) electrons. The van der Waals surface area contributed by atoms with Crippen LogP contribution in [-0.4, -0.2) is 37.8 Å². The number of anilines is 2. The normalized spacial score (nSPS) is 18.2. The Balaban J connectivity index is 1.45. The number of carbonyl (C=O) groups is 2. The van der Waals surface area contributed by atoms with Crippen LogP contribution in [0.5, 0.6) is 0 Å². The fourth-order valence-corrected chi connectivity index (χ4v) is 5.37. The fourth-order valence-electron chi connectivity index (χ4n) is 4.78. The van der Waals surface area contributed by atoms with Crippen LogP contribution in [0.3, 0.4) is 0 Å². The first-order chi connectivity index (χ1) is 18.6. The molecule has 1 aliphatic carbocycles. The highest BCUT2D eigenvalue weighted by molar-refractivity contribution is 7.81. The van der Waals surface area contributed by atoms with Gasteiger partial charge in [0.05, 0.1) is 41.4 Å². The van der Waals surface area contributed by atoms with E-state index < -0.39 is 46.1 Å². The van der Waals surface area contributed by atoms with E-state index >= 15 is 4.39 Å². The summed E-state index contributed by atoms with van der Waals surface area (Å²) >= 11 is 4.54. The number of aromatic nitrogens is 3. The van der Waals surface area contributed by atoms with Gasteiger partial charge < -0.3 is 10.2 Å². The molecule has 1 aliphatic heterocycles. The number of nitrogens with one attached hydrogen (secondary N) is 1. The van der Waals surface area contributed by atoms with Gasteiger partial charge in [-0.2, -0.15) is 18.4 Å². The van der Waals surface area contributed by atoms with Crippen LogP contribution in [0.15, 0.2) is 49.1 Å². The Morgan fingerprint density at radius 2 is 1.95 bits per heavy atom. The summed E-state index contributed by atoms with van der Waals surface area (Å²) in [6.45, 7) is 0.0316. The lowest BCUT2D eigenvalue weighted by molar-refractivity contribution is -0.138. The Bertz CT molecular complexity index is 1490. The predicted molar refractivity (Wildman–Crippen MR) is 133 cm³/mol. The first kappa shape index (κ1) is 26.4. The molecule has 1 N–H and O–H groups in total. The van der Waals surface area contributed by atoms with Gasteiger partial charge in [0.1, 0.15) is 17.4 Å². The van der Waals surface area contributed by atoms with Crippen molar-refractivity contribution in [3.05, 3.63) is 77.4 Å². The van der Waals surface area contributed by atoms with E-state index in [4.69, 9.17) is 5.26 Å². The Hall–Kier alpha value is -4.25. The Morgan fingerprint density at radius 1 is 1.18 bits per heavy atom. The third kappa shape index (κ3) is 4.52. The van der Waals surface area contributed by atoms with Gasteiger partial charge in [0.15, 0.2) is 11.2 Å². The maximum Gasteiger partial charge on any atom is 0.419 e. The number of hydrogen-bond acceptors (Lipinski definition) is 8. The minimum Gasteiger partial charge on any atom is -0.346 e. The molecule has 2 amide bonds. The van der Waals surface area contributed by atoms with Crippen LogP contribution in [0, 0.1) is 17.1 Å². The van der Waals surface area contributed by atoms with E-state index in [1.807, 2.05) is 0 Å². The lowest BCUT2D eigenvalue weighted by atomic mass is 9.75. The second-order valence-electron chi connectivity index (χ2n) is 9.02. The molecule has 1 saturated carbocycles. The number of carbonyl (C=O) groups excluding carboxylic acids is 2. The number of benzene rings is 1. The number of hydrogen-bond donors (Lipinski definition) is 2. The number of halogens is 4. The summed E-state index contributed by atoms with van der Waals surface area (Å²) in [5.41, 5.74) is -4.08. The lowest BCUT2D eigenvalue weighted by Gasteiger charge is -2.44. The number of thiol groups is 1. The van der Waals surface area contributed by atoms with Crippen LogP contribution >= 0.6 is 12.6 Å². The van der Waals surface area contributed by atoms with Crippen molar-refractivity contribution in [1.82, 2.24) is 20.3 Å². The van der Waals surface area contributed by atoms with E-state index in [-0.39, 0.29) is 23.5 Å². The second kappa shape index (κ2) is 9.81. The highest BCUT2D eigenvalue weighted by atomic mass is 32.1. The molecule has 1 saturated heterocycles. The minimum absolute atomic E-state index is 0.0316. The molecule has 3 heterocycles. The van der Waals surface area contributed by atoms with Crippen molar-refractivity contribution >= 4 is 35.8 Å². The minimum atomic E-state index is -4.87. The van der Waals surface area contributed by atoms with Crippen molar-refractivity contribution in [1.29, 1.82) is 5.26 Å². The van der Waals surface area contributed by atoms with Gasteiger partial charge in [-0.25, -0.2) is 9.37 Å². The van der Waals surface area contributed by atoms with E-state index in [0.29, 0.717) is 31.0 Å². The first-order valence-electron chi connectivity index (χ1n) is 11.7. The summed E-state index contributed by atoms with van der Waals surface area (Å²) in [6, 6.07) is 5.91. The van der Waals surface area contributed by atoms with Crippen molar-refractivity contribution in [2.75, 3.05) is 9.80 Å². The van der Waals surface area contributed by atoms with Crippen molar-refractivity contribution in [3.8, 4) is 6.07 Å². The molecule has 9 nitrogen and oxygen atoms in total. The average molecular weight is 558 g/mol. The van der Waals surface area contributed by atoms with Crippen LogP contribution in [0.2, 0.25) is 0 Å². The molecule has 1 spiro atoms. The van der Waals surface area contributed by atoms with Crippen LogP contribution in [-0.2, 0) is 17.5 Å². The smallest absolute Gasteiger partial charge is 0.346 e. The molecular weight excluding hydrogens is 538 g/mol. The van der Waals surface area contributed by atoms with Crippen LogP contribution in [0.4, 0.5) is 28.9 Å². The molecule has 1 aromatic carbocycles. The zero-order chi connectivity index (χ0) is 27.9. The summed E-state index contributed by atoms with van der Waals surface area (Å²) < 4.78 is 55.8. The molecule has 200 valence electrons. The quantitative estimate of drug-likeness (QED) is 0.362. The highest BCUT2D eigenvalue weighted by Gasteiger charge is 2.60. The zero-order valence-electron chi connectivity index (χ0n) is 20.0. The maximum atomic E-state index is 15.2. The second-order valence-corrected chi connectivity index (χ2v) is 9.48. The summed E-state index contributed by atoms with van der Waals surface area (Å²) in [5, 5.41) is 11.6. The third-order valence-electron chi connectivity index (χ3n) is 6.81. The molecule has 39 heavy (non-hydrogen) atoms. The molecular formula is C25H19F4N7O2S. The summed E-state index contributed by atoms with van der Waals surface area (Å²) in [7, 11) is 0. The van der Waals surface area contributed by atoms with Gasteiger partial charge in [0.2, 0.25) is 0 Å². The Labute approximate surface area is 224 Å². The van der Waals surface area contributed by atoms with Gasteiger partial charge in [0.25, 0.3) is 11.8 Å². The molecule has 3 aromatic rings. The van der Waals surface area contributed by atoms with Crippen molar-refractivity contribution in [2.45, 2.75) is 43.0 Å². The van der Waals surface area contributed by atoms with Crippen molar-refractivity contribution < 1.29 is 27.2 Å². The van der Waals surface area contributed by atoms with E-state index in [0.717, 1.165) is 17.2 Å². The van der Waals surface area contributed by atoms with Crippen LogP contribution in [0.25, 0.3) is 0 Å². The first-order valence-corrected chi connectivity index (χ1v) is 12.2. The van der Waals surface area contributed by atoms with Crippen LogP contribution in [0.1, 0.15) is 46.6 Å². The van der Waals surface area contributed by atoms with E-state index in [9.17, 15) is 22.8 Å². The zero-order valence-corrected chi connectivity index (χ0v) is 20.9. The molecule has 2 aliphatic rings. The number of amides is 2. The highest BCUT2D eigenvalue weighted by Crippen LogP contribution is 2.50. The van der Waals surface area contributed by atoms with Gasteiger partial charge in [-0.15, -0.1) is 12.6 Å². The van der Waals surface area contributed by atoms with Gasteiger partial charge in [0, 0.05) is 18.1 Å². The van der Waals surface area contributed by atoms with E-state index in [1.165, 1.54) is 41.7 Å². The van der Waals surface area contributed by atoms with Crippen molar-refractivity contribution in [3.63, 3.8) is 0 Å². The standard InChI is InChI=1S/C25H19F4N7O2S/c26-19-9-15(2-3-17(19)21(37)34-12-14-11-31-6-7-32-14)36-23(39)35(22(38)24(36)4-1-5-24)16-8-18(25(27,28)29)20(10-30)33-13-16/h2-3,6-9,11,13,23,39H,1,4-5,12H2,(H,34,37). The SMILES string of the molecule is N#Cc1ncc(N2C(=O)C3(CCC3)N(c3ccc(C(=O)NCc4cnccn4)c(F)c3)C2S)cc1C(F)(F)F. The summed E-state index contributed by atoms with van der Waals surface area (Å²) in [4.78, 5) is 40.3. The number of pyridine rings is 1. The molecule has 2 fully saturated rings. The largest absolute Gasteiger partial charge is 0.419 e. The van der Waals surface area contributed by atoms with Gasteiger partial charge in [-0.3, -0.25) is 24.5 Å². The lowest BCUT2D eigenvalue weighted by Crippen LogP contribution is -2.55. The Kier molecular flexibility index (Phi) is 6.63. The van der Waals surface area contributed by atoms with Crippen LogP contribution < -0.4 is 15.1 Å². The molecule has 2 aromatic heterocycles. The predicted octanol–water partition coefficient (Wildman–Crippen LogP) is 3.82. The third-order valence-corrected chi connectivity index (χ3v) is 7.27. The number of nitrogens with zero attached hydrogens (tertiary/aromatic N) is 6. The number of nitriles is 1. The van der Waals surface area contributed by atoms with Gasteiger partial charge >= 0.3 is 6.18 Å². The molecule has 1 unspecified atom stereocenters. The number of rotatable bonds is 5. The topological polar surface area (TPSA) is 115 Å². The molecule has 5 rings (SSSR count). The average Bonchev–Trinajstić information content (AvgIpc) is 3.13.